The molecule has 32 heavy (non-hydrogen) atoms. The van der Waals surface area contributed by atoms with Gasteiger partial charge >= 0.3 is 0 Å². The molecule has 2 N–H and O–H groups in total. The first-order valence-corrected chi connectivity index (χ1v) is 12.0. The summed E-state index contributed by atoms with van der Waals surface area (Å²) in [6, 6.07) is 0. The van der Waals surface area contributed by atoms with Crippen molar-refractivity contribution >= 4 is 11.8 Å². The summed E-state index contributed by atoms with van der Waals surface area (Å²) < 4.78 is 12.7. The van der Waals surface area contributed by atoms with Crippen LogP contribution in [-0.4, -0.2) is 43.9 Å². The largest absolute Gasteiger partial charge is 0.353 e. The molecule has 0 aromatic heterocycles. The molecule has 180 valence electrons. The zero-order chi connectivity index (χ0) is 23.3. The number of unbranched alkanes of at least 4 members (excludes halogenated alkanes) is 2. The highest BCUT2D eigenvalue weighted by atomic mass is 16.7. The molecule has 0 aromatic rings. The minimum atomic E-state index is -0.591. The highest BCUT2D eigenvalue weighted by Crippen LogP contribution is 2.28. The summed E-state index contributed by atoms with van der Waals surface area (Å²) in [4.78, 5) is 22.5. The Morgan fingerprint density at radius 1 is 0.750 bits per heavy atom. The molecule has 0 radical (unpaired) electrons. The molecular weight excluding hydrogens is 404 g/mol. The van der Waals surface area contributed by atoms with Crippen LogP contribution < -0.4 is 10.6 Å². The number of hydrogen-bond acceptors (Lipinski definition) is 4. The fourth-order valence-corrected chi connectivity index (χ4v) is 3.45. The second kappa shape index (κ2) is 18.4. The van der Waals surface area contributed by atoms with E-state index in [1.54, 1.807) is 0 Å². The summed E-state index contributed by atoms with van der Waals surface area (Å²) in [5, 5.41) is 5.59. The predicted molar refractivity (Wildman–Crippen MR) is 130 cm³/mol. The van der Waals surface area contributed by atoms with Gasteiger partial charge in [0.15, 0.2) is 5.79 Å². The van der Waals surface area contributed by atoms with Gasteiger partial charge in [-0.05, 0) is 69.9 Å². The van der Waals surface area contributed by atoms with Crippen molar-refractivity contribution in [2.45, 2.75) is 76.4 Å². The van der Waals surface area contributed by atoms with Crippen molar-refractivity contribution in [1.82, 2.24) is 10.6 Å². The minimum Gasteiger partial charge on any atom is -0.353 e. The quantitative estimate of drug-likeness (QED) is 0.175. The maximum atomic E-state index is 11.3. The van der Waals surface area contributed by atoms with E-state index in [0.29, 0.717) is 26.3 Å². The lowest BCUT2D eigenvalue weighted by molar-refractivity contribution is -0.246. The zero-order valence-electron chi connectivity index (χ0n) is 19.6. The maximum absolute atomic E-state index is 11.3. The molecule has 0 fully saturated rings. The van der Waals surface area contributed by atoms with Gasteiger partial charge in [0, 0.05) is 25.9 Å². The van der Waals surface area contributed by atoms with Gasteiger partial charge in [-0.1, -0.05) is 37.5 Å². The third-order valence-electron chi connectivity index (χ3n) is 5.30. The Morgan fingerprint density at radius 3 is 1.78 bits per heavy atom. The summed E-state index contributed by atoms with van der Waals surface area (Å²) in [6.45, 7) is 9.35. The van der Waals surface area contributed by atoms with E-state index in [9.17, 15) is 9.59 Å². The van der Waals surface area contributed by atoms with Gasteiger partial charge in [-0.15, -0.1) is 0 Å². The molecule has 0 heterocycles. The monoisotopic (exact) mass is 446 g/mol. The second-order valence-electron chi connectivity index (χ2n) is 7.96. The molecule has 0 saturated heterocycles. The van der Waals surface area contributed by atoms with Crippen LogP contribution in [0.1, 0.15) is 70.6 Å². The summed E-state index contributed by atoms with van der Waals surface area (Å²) >= 11 is 0. The normalized spacial score (nSPS) is 16.4. The summed E-state index contributed by atoms with van der Waals surface area (Å²) in [5.74, 6) is -0.880. The van der Waals surface area contributed by atoms with Crippen LogP contribution in [0.2, 0.25) is 0 Å². The van der Waals surface area contributed by atoms with E-state index in [0.717, 1.165) is 70.6 Å². The van der Waals surface area contributed by atoms with Crippen LogP contribution in [0.5, 0.6) is 0 Å². The lowest BCUT2D eigenvalue weighted by atomic mass is 10.0. The first kappa shape index (κ1) is 27.9. The van der Waals surface area contributed by atoms with Gasteiger partial charge in [0.25, 0.3) is 0 Å². The number of allylic oxidation sites excluding steroid dienone is 4. The predicted octanol–water partition coefficient (Wildman–Crippen LogP) is 4.74. The molecule has 0 aromatic carbocycles. The number of nitrogens with one attached hydrogen (secondary N) is 2. The fraction of sp³-hybridized carbons (Fsp3) is 0.615. The van der Waals surface area contributed by atoms with E-state index in [-0.39, 0.29) is 11.8 Å². The SMILES string of the molecule is C=CC(=O)NCCCCOC1(OCCCCNC(=O)C=C)CCC=CCCC=CCCC1. The van der Waals surface area contributed by atoms with Gasteiger partial charge in [-0.2, -0.15) is 0 Å². The zero-order valence-corrected chi connectivity index (χ0v) is 19.6. The Bertz CT molecular complexity index is 581. The van der Waals surface area contributed by atoms with Crippen molar-refractivity contribution < 1.29 is 19.1 Å². The van der Waals surface area contributed by atoms with E-state index in [4.69, 9.17) is 9.47 Å². The van der Waals surface area contributed by atoms with Crippen LogP contribution in [0.4, 0.5) is 0 Å². The molecule has 0 bridgehead atoms. The number of rotatable bonds is 14. The van der Waals surface area contributed by atoms with E-state index in [2.05, 4.69) is 48.1 Å². The van der Waals surface area contributed by atoms with E-state index >= 15 is 0 Å². The molecule has 2 amide bonds. The van der Waals surface area contributed by atoms with Crippen LogP contribution in [0.3, 0.4) is 0 Å². The second-order valence-corrected chi connectivity index (χ2v) is 7.96. The fourth-order valence-electron chi connectivity index (χ4n) is 3.45. The molecule has 0 unspecified atom stereocenters. The van der Waals surface area contributed by atoms with E-state index in [1.165, 1.54) is 12.2 Å². The Morgan fingerprint density at radius 2 is 1.25 bits per heavy atom. The molecule has 1 aliphatic carbocycles. The third kappa shape index (κ3) is 14.0. The van der Waals surface area contributed by atoms with Crippen molar-refractivity contribution in [2.24, 2.45) is 0 Å². The molecule has 0 aliphatic heterocycles. The summed E-state index contributed by atoms with van der Waals surface area (Å²) in [5.41, 5.74) is 0. The maximum Gasteiger partial charge on any atom is 0.243 e. The highest BCUT2D eigenvalue weighted by Gasteiger charge is 2.30. The first-order chi connectivity index (χ1) is 15.6. The number of carbonyl (C=O) groups excluding carboxylic acids is 2. The molecule has 6 nitrogen and oxygen atoms in total. The lowest BCUT2D eigenvalue weighted by Crippen LogP contribution is -2.37. The number of carbonyl (C=O) groups is 2. The van der Waals surface area contributed by atoms with Gasteiger partial charge in [0.05, 0.1) is 13.2 Å². The van der Waals surface area contributed by atoms with Crippen molar-refractivity contribution in [2.75, 3.05) is 26.3 Å². The topological polar surface area (TPSA) is 76.7 Å². The van der Waals surface area contributed by atoms with Crippen LogP contribution in [0, 0.1) is 0 Å². The smallest absolute Gasteiger partial charge is 0.243 e. The molecule has 1 aliphatic rings. The van der Waals surface area contributed by atoms with Crippen molar-refractivity contribution in [3.05, 3.63) is 49.6 Å². The average molecular weight is 447 g/mol. The van der Waals surface area contributed by atoms with Gasteiger partial charge in [-0.25, -0.2) is 0 Å². The van der Waals surface area contributed by atoms with Crippen molar-refractivity contribution in [3.8, 4) is 0 Å². The van der Waals surface area contributed by atoms with E-state index < -0.39 is 5.79 Å². The molecule has 0 atom stereocenters. The number of ether oxygens (including phenoxy) is 2. The Balaban J connectivity index is 2.56. The van der Waals surface area contributed by atoms with Gasteiger partial charge in [0.1, 0.15) is 0 Å². The molecular formula is C26H42N2O4. The molecule has 0 spiro atoms. The number of hydrogen-bond donors (Lipinski definition) is 2. The highest BCUT2D eigenvalue weighted by molar-refractivity contribution is 5.87. The number of amides is 2. The average Bonchev–Trinajstić information content (AvgIpc) is 2.80. The van der Waals surface area contributed by atoms with Crippen molar-refractivity contribution in [1.29, 1.82) is 0 Å². The van der Waals surface area contributed by atoms with Crippen molar-refractivity contribution in [3.63, 3.8) is 0 Å². The molecule has 6 heteroatoms. The van der Waals surface area contributed by atoms with Gasteiger partial charge < -0.3 is 20.1 Å². The Hall–Kier alpha value is -2.18. The van der Waals surface area contributed by atoms with Crippen LogP contribution >= 0.6 is 0 Å². The van der Waals surface area contributed by atoms with Gasteiger partial charge in [-0.3, -0.25) is 9.59 Å². The van der Waals surface area contributed by atoms with Crippen LogP contribution in [0.25, 0.3) is 0 Å². The van der Waals surface area contributed by atoms with Gasteiger partial charge in [0.2, 0.25) is 11.8 Å². The molecule has 0 saturated carbocycles. The minimum absolute atomic E-state index is 0.144. The lowest BCUT2D eigenvalue weighted by Gasteiger charge is -2.34. The summed E-state index contributed by atoms with van der Waals surface area (Å²) in [7, 11) is 0. The third-order valence-corrected chi connectivity index (χ3v) is 5.30. The Labute approximate surface area is 194 Å². The van der Waals surface area contributed by atoms with Crippen LogP contribution in [0.15, 0.2) is 49.6 Å². The first-order valence-electron chi connectivity index (χ1n) is 12.0. The Kier molecular flexibility index (Phi) is 16.0. The summed E-state index contributed by atoms with van der Waals surface area (Å²) in [6.07, 6.45) is 21.8. The van der Waals surface area contributed by atoms with E-state index in [1.807, 2.05) is 0 Å². The van der Waals surface area contributed by atoms with Crippen LogP contribution in [-0.2, 0) is 19.1 Å². The standard InChI is InChI=1S/C26H42N2O4/c1-3-24(29)27-20-14-16-22-31-26(32-23-17-15-21-28-25(30)4-2)18-12-10-8-6-5-7-9-11-13-19-26/h3-4,6,8-9,11H,1-2,5,7,10,12-23H2,(H,27,29)(H,28,30). The molecule has 1 rings (SSSR count).